The number of methoxy groups -OCH3 is 1. The molecule has 0 saturated heterocycles. The third-order valence-corrected chi connectivity index (χ3v) is 3.39. The summed E-state index contributed by atoms with van der Waals surface area (Å²) in [5.74, 6) is -0.238. The van der Waals surface area contributed by atoms with Crippen molar-refractivity contribution < 1.29 is 9.53 Å². The Morgan fingerprint density at radius 2 is 2.31 bits per heavy atom. The fraction of sp³-hybridized carbons (Fsp3) is 0.417. The summed E-state index contributed by atoms with van der Waals surface area (Å²) >= 11 is 6.09. The van der Waals surface area contributed by atoms with Gasteiger partial charge in [-0.05, 0) is 37.5 Å². The maximum absolute atomic E-state index is 11.7. The van der Waals surface area contributed by atoms with Crippen molar-refractivity contribution >= 4 is 23.3 Å². The molecule has 0 bridgehead atoms. The van der Waals surface area contributed by atoms with E-state index in [4.69, 9.17) is 16.3 Å². The third kappa shape index (κ3) is 1.76. The smallest absolute Gasteiger partial charge is 0.331 e. The highest BCUT2D eigenvalue weighted by Crippen LogP contribution is 2.35. The topological polar surface area (TPSA) is 38.3 Å². The number of rotatable bonds is 1. The number of hydrogen-bond donors (Lipinski definition) is 1. The molecule has 1 unspecified atom stereocenters. The number of carbonyl (C=O) groups excluding carboxylic acids is 1. The molecular weight excluding hydrogens is 226 g/mol. The fourth-order valence-corrected chi connectivity index (χ4v) is 2.31. The van der Waals surface area contributed by atoms with Crippen LogP contribution in [0.2, 0.25) is 5.02 Å². The summed E-state index contributed by atoms with van der Waals surface area (Å²) in [5, 5.41) is 3.95. The molecule has 16 heavy (non-hydrogen) atoms. The predicted octanol–water partition coefficient (Wildman–Crippen LogP) is 2.63. The van der Waals surface area contributed by atoms with Gasteiger partial charge in [-0.1, -0.05) is 17.7 Å². The molecule has 2 rings (SSSR count). The van der Waals surface area contributed by atoms with E-state index in [1.54, 1.807) is 0 Å². The summed E-state index contributed by atoms with van der Waals surface area (Å²) in [6.45, 7) is 1.85. The van der Waals surface area contributed by atoms with Crippen LogP contribution in [-0.4, -0.2) is 18.6 Å². The van der Waals surface area contributed by atoms with Crippen molar-refractivity contribution in [2.75, 3.05) is 12.4 Å². The van der Waals surface area contributed by atoms with E-state index in [2.05, 4.69) is 5.32 Å². The van der Waals surface area contributed by atoms with Crippen molar-refractivity contribution in [3.63, 3.8) is 0 Å². The molecule has 3 nitrogen and oxygen atoms in total. The molecule has 0 amide bonds. The monoisotopic (exact) mass is 239 g/mol. The second-order valence-corrected chi connectivity index (χ2v) is 4.62. The van der Waals surface area contributed by atoms with Gasteiger partial charge in [0.15, 0.2) is 0 Å². The Morgan fingerprint density at radius 3 is 3.00 bits per heavy atom. The van der Waals surface area contributed by atoms with E-state index < -0.39 is 5.54 Å². The Labute approximate surface area is 99.7 Å². The molecule has 1 heterocycles. The zero-order valence-corrected chi connectivity index (χ0v) is 10.1. The van der Waals surface area contributed by atoms with Crippen molar-refractivity contribution in [3.8, 4) is 0 Å². The molecule has 1 N–H and O–H groups in total. The number of nitrogens with one attached hydrogen (secondary N) is 1. The highest BCUT2D eigenvalue weighted by atomic mass is 35.5. The van der Waals surface area contributed by atoms with Crippen molar-refractivity contribution in [3.05, 3.63) is 28.8 Å². The summed E-state index contributed by atoms with van der Waals surface area (Å²) in [4.78, 5) is 11.7. The van der Waals surface area contributed by atoms with E-state index in [0.717, 1.165) is 22.7 Å². The summed E-state index contributed by atoms with van der Waals surface area (Å²) in [7, 11) is 1.41. The molecule has 86 valence electrons. The maximum atomic E-state index is 11.7. The summed E-state index contributed by atoms with van der Waals surface area (Å²) in [6.07, 6.45) is 1.48. The van der Waals surface area contributed by atoms with Crippen molar-refractivity contribution in [2.45, 2.75) is 25.3 Å². The molecule has 1 aromatic carbocycles. The first kappa shape index (κ1) is 11.3. The van der Waals surface area contributed by atoms with Gasteiger partial charge in [-0.3, -0.25) is 0 Å². The van der Waals surface area contributed by atoms with Crippen molar-refractivity contribution in [1.29, 1.82) is 0 Å². The number of fused-ring (bicyclic) bond motifs is 1. The van der Waals surface area contributed by atoms with Gasteiger partial charge in [0.05, 0.1) is 7.11 Å². The molecular formula is C12H14ClNO2. The summed E-state index contributed by atoms with van der Waals surface area (Å²) in [5.41, 5.74) is 1.35. The van der Waals surface area contributed by atoms with E-state index >= 15 is 0 Å². The predicted molar refractivity (Wildman–Crippen MR) is 63.8 cm³/mol. The molecule has 0 fully saturated rings. The zero-order chi connectivity index (χ0) is 11.8. The Bertz CT molecular complexity index is 433. The highest BCUT2D eigenvalue weighted by Gasteiger charge is 2.37. The number of halogens is 1. The van der Waals surface area contributed by atoms with Gasteiger partial charge in [0, 0.05) is 10.7 Å². The molecule has 1 aromatic rings. The average Bonchev–Trinajstić information content (AvgIpc) is 2.28. The minimum Gasteiger partial charge on any atom is -0.467 e. The van der Waals surface area contributed by atoms with Gasteiger partial charge in [0.1, 0.15) is 5.54 Å². The molecule has 4 heteroatoms. The number of ether oxygens (including phenoxy) is 1. The minimum absolute atomic E-state index is 0.238. The lowest BCUT2D eigenvalue weighted by Crippen LogP contribution is -2.47. The van der Waals surface area contributed by atoms with Crippen LogP contribution in [-0.2, 0) is 16.0 Å². The van der Waals surface area contributed by atoms with Gasteiger partial charge >= 0.3 is 5.97 Å². The number of benzene rings is 1. The van der Waals surface area contributed by atoms with Gasteiger partial charge in [0.2, 0.25) is 0 Å². The van der Waals surface area contributed by atoms with E-state index in [1.807, 2.05) is 25.1 Å². The normalized spacial score (nSPS) is 23.2. The molecule has 0 saturated carbocycles. The van der Waals surface area contributed by atoms with Crippen molar-refractivity contribution in [2.24, 2.45) is 0 Å². The molecule has 0 aliphatic carbocycles. The van der Waals surface area contributed by atoms with E-state index in [9.17, 15) is 4.79 Å². The second kappa shape index (κ2) is 3.98. The van der Waals surface area contributed by atoms with Crippen molar-refractivity contribution in [1.82, 2.24) is 0 Å². The summed E-state index contributed by atoms with van der Waals surface area (Å²) < 4.78 is 4.80. The molecule has 1 aliphatic rings. The van der Waals surface area contributed by atoms with Crippen LogP contribution in [0.5, 0.6) is 0 Å². The van der Waals surface area contributed by atoms with Gasteiger partial charge < -0.3 is 10.1 Å². The van der Waals surface area contributed by atoms with E-state index in [1.165, 1.54) is 7.11 Å². The molecule has 0 radical (unpaired) electrons. The SMILES string of the molecule is COC(=O)C1(C)CCc2c(Cl)cccc2N1. The average molecular weight is 240 g/mol. The fourth-order valence-electron chi connectivity index (χ4n) is 2.04. The van der Waals surface area contributed by atoms with Crippen LogP contribution < -0.4 is 5.32 Å². The maximum Gasteiger partial charge on any atom is 0.331 e. The molecule has 1 atom stereocenters. The van der Waals surface area contributed by atoms with Crippen LogP contribution in [0.15, 0.2) is 18.2 Å². The first-order valence-corrected chi connectivity index (χ1v) is 5.58. The standard InChI is InChI=1S/C12H14ClNO2/c1-12(11(15)16-2)7-6-8-9(13)4-3-5-10(8)14-12/h3-5,14H,6-7H2,1-2H3. The Hall–Kier alpha value is -1.22. The quantitative estimate of drug-likeness (QED) is 0.766. The van der Waals surface area contributed by atoms with E-state index in [-0.39, 0.29) is 5.97 Å². The van der Waals surface area contributed by atoms with Crippen LogP contribution in [0.3, 0.4) is 0 Å². The van der Waals surface area contributed by atoms with Crippen LogP contribution in [0, 0.1) is 0 Å². The first-order valence-electron chi connectivity index (χ1n) is 5.21. The molecule has 0 spiro atoms. The lowest BCUT2D eigenvalue weighted by atomic mass is 9.88. The number of carbonyl (C=O) groups is 1. The number of esters is 1. The second-order valence-electron chi connectivity index (χ2n) is 4.21. The Morgan fingerprint density at radius 1 is 1.56 bits per heavy atom. The van der Waals surface area contributed by atoms with Crippen LogP contribution in [0.4, 0.5) is 5.69 Å². The lowest BCUT2D eigenvalue weighted by molar-refractivity contribution is -0.145. The van der Waals surface area contributed by atoms with Gasteiger partial charge in [-0.15, -0.1) is 0 Å². The van der Waals surface area contributed by atoms with Crippen LogP contribution in [0.1, 0.15) is 18.9 Å². The highest BCUT2D eigenvalue weighted by molar-refractivity contribution is 6.31. The number of anilines is 1. The Balaban J connectivity index is 2.34. The van der Waals surface area contributed by atoms with Gasteiger partial charge in [-0.25, -0.2) is 4.79 Å². The Kier molecular flexibility index (Phi) is 2.80. The molecule has 0 aromatic heterocycles. The summed E-state index contributed by atoms with van der Waals surface area (Å²) in [6, 6.07) is 5.67. The zero-order valence-electron chi connectivity index (χ0n) is 9.34. The van der Waals surface area contributed by atoms with Gasteiger partial charge in [0.25, 0.3) is 0 Å². The van der Waals surface area contributed by atoms with E-state index in [0.29, 0.717) is 6.42 Å². The number of hydrogen-bond acceptors (Lipinski definition) is 3. The largest absolute Gasteiger partial charge is 0.467 e. The molecule has 1 aliphatic heterocycles. The van der Waals surface area contributed by atoms with Gasteiger partial charge in [-0.2, -0.15) is 0 Å². The first-order chi connectivity index (χ1) is 7.57. The van der Waals surface area contributed by atoms with Crippen LogP contribution in [0.25, 0.3) is 0 Å². The van der Waals surface area contributed by atoms with Crippen LogP contribution >= 0.6 is 11.6 Å². The third-order valence-electron chi connectivity index (χ3n) is 3.04. The lowest BCUT2D eigenvalue weighted by Gasteiger charge is -2.34. The minimum atomic E-state index is -0.646.